The van der Waals surface area contributed by atoms with Gasteiger partial charge in [-0.2, -0.15) is 0 Å². The van der Waals surface area contributed by atoms with Gasteiger partial charge in [0.2, 0.25) is 0 Å². The predicted octanol–water partition coefficient (Wildman–Crippen LogP) is 3.06. The Bertz CT molecular complexity index is 737. The van der Waals surface area contributed by atoms with Crippen LogP contribution in [0.1, 0.15) is 71.8 Å². The largest absolute Gasteiger partial charge is 0.450 e. The molecule has 2 aliphatic carbocycles. The molecule has 2 spiro atoms. The Morgan fingerprint density at radius 3 is 2.62 bits per heavy atom. The first-order valence-corrected chi connectivity index (χ1v) is 9.13. The van der Waals surface area contributed by atoms with Crippen LogP contribution in [0.25, 0.3) is 0 Å². The summed E-state index contributed by atoms with van der Waals surface area (Å²) in [6.45, 7) is 1.09. The summed E-state index contributed by atoms with van der Waals surface area (Å²) in [5.74, 6) is -0.414. The molecule has 0 radical (unpaired) electrons. The number of fused-ring (bicyclic) bond motifs is 4. The number of carbonyl (C=O) groups excluding carboxylic acids is 1. The van der Waals surface area contributed by atoms with Crippen LogP contribution < -0.4 is 0 Å². The Morgan fingerprint density at radius 2 is 1.96 bits per heavy atom. The zero-order chi connectivity index (χ0) is 16.5. The minimum Gasteiger partial charge on any atom is -0.450 e. The van der Waals surface area contributed by atoms with Crippen molar-refractivity contribution in [3.63, 3.8) is 0 Å². The zero-order valence-electron chi connectivity index (χ0n) is 13.4. The lowest BCUT2D eigenvalue weighted by molar-refractivity contribution is -0.0754. The predicted molar refractivity (Wildman–Crippen MR) is 86.0 cm³/mol. The minimum atomic E-state index is -0.702. The molecule has 24 heavy (non-hydrogen) atoms. The summed E-state index contributed by atoms with van der Waals surface area (Å²) in [5.41, 5.74) is 2.30. The number of pyridine rings is 1. The SMILES string of the molecule is O=C1OC2(CCOCC2)c2c1c(Cl)nc1c2C(O)CC2(CCC2)C1. The van der Waals surface area contributed by atoms with E-state index in [1.807, 2.05) is 0 Å². The van der Waals surface area contributed by atoms with Gasteiger partial charge < -0.3 is 14.6 Å². The van der Waals surface area contributed by atoms with Crippen molar-refractivity contribution in [2.45, 2.75) is 56.7 Å². The first kappa shape index (κ1) is 15.1. The number of rotatable bonds is 0. The minimum absolute atomic E-state index is 0.170. The summed E-state index contributed by atoms with van der Waals surface area (Å²) in [6.07, 6.45) is 5.68. The average molecular weight is 350 g/mol. The van der Waals surface area contributed by atoms with Gasteiger partial charge in [0.25, 0.3) is 0 Å². The Hall–Kier alpha value is -1.17. The molecule has 1 saturated carbocycles. The fourth-order valence-electron chi connectivity index (χ4n) is 5.10. The van der Waals surface area contributed by atoms with Gasteiger partial charge in [-0.25, -0.2) is 9.78 Å². The Morgan fingerprint density at radius 1 is 1.21 bits per heavy atom. The molecule has 0 bridgehead atoms. The van der Waals surface area contributed by atoms with Gasteiger partial charge in [-0.3, -0.25) is 0 Å². The van der Waals surface area contributed by atoms with Gasteiger partial charge in [-0.15, -0.1) is 0 Å². The third kappa shape index (κ3) is 1.89. The maximum atomic E-state index is 12.5. The van der Waals surface area contributed by atoms with Crippen molar-refractivity contribution in [1.29, 1.82) is 0 Å². The molecule has 3 heterocycles. The number of carbonyl (C=O) groups is 1. The highest BCUT2D eigenvalue weighted by Crippen LogP contribution is 2.57. The third-order valence-electron chi connectivity index (χ3n) is 6.43. The monoisotopic (exact) mass is 349 g/mol. The highest BCUT2D eigenvalue weighted by Gasteiger charge is 2.53. The maximum absolute atomic E-state index is 12.5. The average Bonchev–Trinajstić information content (AvgIpc) is 2.79. The number of aliphatic hydroxyl groups excluding tert-OH is 1. The van der Waals surface area contributed by atoms with Crippen molar-refractivity contribution in [3.8, 4) is 0 Å². The van der Waals surface area contributed by atoms with Gasteiger partial charge in [0.15, 0.2) is 0 Å². The first-order valence-electron chi connectivity index (χ1n) is 8.76. The normalized spacial score (nSPS) is 29.1. The van der Waals surface area contributed by atoms with E-state index in [1.54, 1.807) is 0 Å². The summed E-state index contributed by atoms with van der Waals surface area (Å²) in [7, 11) is 0. The molecule has 5 nitrogen and oxygen atoms in total. The van der Waals surface area contributed by atoms with Crippen LogP contribution in [-0.4, -0.2) is 29.3 Å². The van der Waals surface area contributed by atoms with E-state index in [0.717, 1.165) is 42.5 Å². The summed E-state index contributed by atoms with van der Waals surface area (Å²) < 4.78 is 11.3. The Balaban J connectivity index is 1.72. The van der Waals surface area contributed by atoms with Crippen molar-refractivity contribution in [3.05, 3.63) is 27.5 Å². The van der Waals surface area contributed by atoms with E-state index in [0.29, 0.717) is 31.6 Å². The van der Waals surface area contributed by atoms with Crippen LogP contribution in [0.5, 0.6) is 0 Å². The second kappa shape index (κ2) is 4.93. The number of esters is 1. The van der Waals surface area contributed by atoms with E-state index in [1.165, 1.54) is 6.42 Å². The van der Waals surface area contributed by atoms with E-state index >= 15 is 0 Å². The van der Waals surface area contributed by atoms with Crippen molar-refractivity contribution in [1.82, 2.24) is 4.98 Å². The highest BCUT2D eigenvalue weighted by molar-refractivity contribution is 6.33. The maximum Gasteiger partial charge on any atom is 0.342 e. The molecule has 1 unspecified atom stereocenters. The van der Waals surface area contributed by atoms with Gasteiger partial charge >= 0.3 is 5.97 Å². The lowest BCUT2D eigenvalue weighted by atomic mass is 9.59. The second-order valence-electron chi connectivity index (χ2n) is 7.76. The second-order valence-corrected chi connectivity index (χ2v) is 8.12. The van der Waals surface area contributed by atoms with E-state index in [4.69, 9.17) is 21.1 Å². The molecule has 1 N–H and O–H groups in total. The van der Waals surface area contributed by atoms with Gasteiger partial charge in [-0.1, -0.05) is 18.0 Å². The third-order valence-corrected chi connectivity index (χ3v) is 6.71. The van der Waals surface area contributed by atoms with Crippen LogP contribution in [0.4, 0.5) is 0 Å². The van der Waals surface area contributed by atoms with E-state index in [2.05, 4.69) is 4.98 Å². The summed E-state index contributed by atoms with van der Waals surface area (Å²) in [6, 6.07) is 0. The molecule has 4 aliphatic rings. The fourth-order valence-corrected chi connectivity index (χ4v) is 5.37. The van der Waals surface area contributed by atoms with Crippen LogP contribution in [0, 0.1) is 5.41 Å². The van der Waals surface area contributed by atoms with Crippen LogP contribution >= 0.6 is 11.6 Å². The summed E-state index contributed by atoms with van der Waals surface area (Å²) in [4.78, 5) is 17.0. The van der Waals surface area contributed by atoms with Gasteiger partial charge in [0.05, 0.1) is 19.3 Å². The number of hydrogen-bond donors (Lipinski definition) is 1. The van der Waals surface area contributed by atoms with Crippen LogP contribution in [-0.2, 0) is 21.5 Å². The fraction of sp³-hybridized carbons (Fsp3) is 0.667. The van der Waals surface area contributed by atoms with Crippen molar-refractivity contribution >= 4 is 17.6 Å². The van der Waals surface area contributed by atoms with E-state index in [9.17, 15) is 9.90 Å². The van der Waals surface area contributed by atoms with Gasteiger partial charge in [0.1, 0.15) is 16.3 Å². The molecule has 1 aromatic rings. The summed E-state index contributed by atoms with van der Waals surface area (Å²) in [5, 5.41) is 11.2. The number of nitrogens with zero attached hydrogens (tertiary/aromatic N) is 1. The topological polar surface area (TPSA) is 68.7 Å². The number of ether oxygens (including phenoxy) is 2. The molecule has 5 rings (SSSR count). The van der Waals surface area contributed by atoms with E-state index in [-0.39, 0.29) is 10.6 Å². The van der Waals surface area contributed by atoms with Crippen molar-refractivity contribution < 1.29 is 19.4 Å². The summed E-state index contributed by atoms with van der Waals surface area (Å²) >= 11 is 6.38. The lowest BCUT2D eigenvalue weighted by Crippen LogP contribution is -2.40. The highest BCUT2D eigenvalue weighted by atomic mass is 35.5. The number of halogens is 1. The standard InChI is InChI=1S/C18H20ClNO4/c19-15-13-14(18(24-16(13)22)4-6-23-7-5-18)12-10(20-15)8-17(2-1-3-17)9-11(12)21/h11,21H,1-9H2. The van der Waals surface area contributed by atoms with Crippen LogP contribution in [0.2, 0.25) is 5.15 Å². The molecule has 0 amide bonds. The van der Waals surface area contributed by atoms with Crippen LogP contribution in [0.3, 0.4) is 0 Å². The number of aromatic nitrogens is 1. The zero-order valence-corrected chi connectivity index (χ0v) is 14.2. The lowest BCUT2D eigenvalue weighted by Gasteiger charge is -2.47. The quantitative estimate of drug-likeness (QED) is 0.576. The Kier molecular flexibility index (Phi) is 3.10. The molecule has 2 fully saturated rings. The molecular weight excluding hydrogens is 330 g/mol. The van der Waals surface area contributed by atoms with Crippen LogP contribution in [0.15, 0.2) is 0 Å². The molecule has 2 aliphatic heterocycles. The van der Waals surface area contributed by atoms with E-state index < -0.39 is 17.7 Å². The first-order chi connectivity index (χ1) is 11.5. The van der Waals surface area contributed by atoms with Crippen molar-refractivity contribution in [2.24, 2.45) is 5.41 Å². The number of hydrogen-bond acceptors (Lipinski definition) is 5. The molecule has 128 valence electrons. The van der Waals surface area contributed by atoms with Crippen molar-refractivity contribution in [2.75, 3.05) is 13.2 Å². The van der Waals surface area contributed by atoms with Gasteiger partial charge in [0, 0.05) is 29.7 Å². The molecule has 0 aromatic carbocycles. The molecule has 1 saturated heterocycles. The van der Waals surface area contributed by atoms with Gasteiger partial charge in [-0.05, 0) is 31.1 Å². The molecule has 1 atom stereocenters. The molecule has 6 heteroatoms. The number of aliphatic hydroxyl groups is 1. The Labute approximate surface area is 145 Å². The molecule has 1 aromatic heterocycles. The smallest absolute Gasteiger partial charge is 0.342 e. The molecular formula is C18H20ClNO4.